The quantitative estimate of drug-likeness (QED) is 0.179. The van der Waals surface area contributed by atoms with E-state index < -0.39 is 0 Å². The Kier molecular flexibility index (Phi) is 8.44. The minimum absolute atomic E-state index is 0.212. The van der Waals surface area contributed by atoms with Gasteiger partial charge in [0.25, 0.3) is 5.56 Å². The van der Waals surface area contributed by atoms with Gasteiger partial charge in [-0.2, -0.15) is 15.0 Å². The van der Waals surface area contributed by atoms with Crippen molar-refractivity contribution in [1.29, 1.82) is 5.26 Å². The van der Waals surface area contributed by atoms with Gasteiger partial charge in [-0.3, -0.25) is 4.79 Å². The molecule has 1 heterocycles. The summed E-state index contributed by atoms with van der Waals surface area (Å²) in [5.74, 6) is 2.18. The minimum Gasteiger partial charge on any atom is -0.494 e. The van der Waals surface area contributed by atoms with Crippen molar-refractivity contribution in [2.24, 2.45) is 5.10 Å². The first-order valence-corrected chi connectivity index (χ1v) is 13.9. The van der Waals surface area contributed by atoms with Gasteiger partial charge in [0.15, 0.2) is 5.82 Å². The Balaban J connectivity index is 1.51. The van der Waals surface area contributed by atoms with Crippen LogP contribution in [-0.4, -0.2) is 22.5 Å². The van der Waals surface area contributed by atoms with Crippen LogP contribution in [0, 0.1) is 18.3 Å². The average Bonchev–Trinajstić information content (AvgIpc) is 3.00. The van der Waals surface area contributed by atoms with Gasteiger partial charge in [-0.1, -0.05) is 44.2 Å². The molecule has 0 aliphatic rings. The van der Waals surface area contributed by atoms with E-state index in [2.05, 4.69) is 31.1 Å². The second kappa shape index (κ2) is 12.5. The zero-order valence-corrected chi connectivity index (χ0v) is 24.2. The van der Waals surface area contributed by atoms with E-state index in [1.807, 2.05) is 80.6 Å². The van der Waals surface area contributed by atoms with E-state index >= 15 is 0 Å². The molecule has 0 saturated carbocycles. The first kappa shape index (κ1) is 28.3. The summed E-state index contributed by atoms with van der Waals surface area (Å²) in [6.07, 6.45) is 1.64. The molecule has 42 heavy (non-hydrogen) atoms. The summed E-state index contributed by atoms with van der Waals surface area (Å²) in [4.78, 5) is 18.6. The van der Waals surface area contributed by atoms with Gasteiger partial charge in [-0.25, -0.2) is 4.98 Å². The van der Waals surface area contributed by atoms with E-state index in [0.717, 1.165) is 33.6 Å². The summed E-state index contributed by atoms with van der Waals surface area (Å²) in [5.41, 5.74) is 5.38. The van der Waals surface area contributed by atoms with Gasteiger partial charge in [0.1, 0.15) is 18.1 Å². The summed E-state index contributed by atoms with van der Waals surface area (Å²) in [7, 11) is 0. The molecular weight excluding hydrogens is 524 g/mol. The van der Waals surface area contributed by atoms with Crippen LogP contribution in [0.5, 0.6) is 11.5 Å². The Morgan fingerprint density at radius 3 is 2.48 bits per heavy atom. The standard InChI is InChI=1S/C35H32N4O3/c1-5-41-33-18-24(4)31(19-30(33)23(2)3)34-38-32-13-9-8-12-29(32)35(40)39(34)37-21-25-14-16-28(17-15-25)42-22-27-11-7-6-10-26(27)20-36/h6-19,21,23H,5,22H2,1-4H3. The Labute approximate surface area is 245 Å². The van der Waals surface area contributed by atoms with E-state index in [0.29, 0.717) is 41.3 Å². The molecule has 0 amide bonds. The molecule has 5 rings (SSSR count). The molecule has 0 saturated heterocycles. The average molecular weight is 557 g/mol. The van der Waals surface area contributed by atoms with Gasteiger partial charge < -0.3 is 9.47 Å². The SMILES string of the molecule is CCOc1cc(C)c(-c2nc3ccccc3c(=O)n2N=Cc2ccc(OCc3ccccc3C#N)cc2)cc1C(C)C. The van der Waals surface area contributed by atoms with Crippen molar-refractivity contribution in [1.82, 2.24) is 9.66 Å². The van der Waals surface area contributed by atoms with Gasteiger partial charge >= 0.3 is 0 Å². The van der Waals surface area contributed by atoms with E-state index in [-0.39, 0.29) is 11.5 Å². The Morgan fingerprint density at radius 2 is 1.74 bits per heavy atom. The van der Waals surface area contributed by atoms with Crippen LogP contribution in [-0.2, 0) is 6.61 Å². The van der Waals surface area contributed by atoms with E-state index in [4.69, 9.17) is 14.5 Å². The van der Waals surface area contributed by atoms with Crippen LogP contribution < -0.4 is 15.0 Å². The molecule has 7 heteroatoms. The molecule has 0 fully saturated rings. The number of benzene rings is 4. The monoisotopic (exact) mass is 556 g/mol. The number of aryl methyl sites for hydroxylation is 1. The van der Waals surface area contributed by atoms with Gasteiger partial charge in [-0.05, 0) is 91.1 Å². The largest absolute Gasteiger partial charge is 0.494 e. The molecule has 0 aliphatic heterocycles. The van der Waals surface area contributed by atoms with Crippen LogP contribution in [0.1, 0.15) is 54.5 Å². The van der Waals surface area contributed by atoms with E-state index in [1.54, 1.807) is 18.3 Å². The molecule has 4 aromatic carbocycles. The topological polar surface area (TPSA) is 89.5 Å². The number of aromatic nitrogens is 2. The third-order valence-corrected chi connectivity index (χ3v) is 7.01. The third kappa shape index (κ3) is 5.93. The maximum Gasteiger partial charge on any atom is 0.282 e. The molecule has 5 aromatic rings. The van der Waals surface area contributed by atoms with Crippen LogP contribution in [0.4, 0.5) is 0 Å². The molecule has 1 aromatic heterocycles. The molecule has 0 N–H and O–H groups in total. The zero-order valence-electron chi connectivity index (χ0n) is 24.2. The van der Waals surface area contributed by atoms with Crippen LogP contribution in [0.3, 0.4) is 0 Å². The minimum atomic E-state index is -0.248. The van der Waals surface area contributed by atoms with Gasteiger partial charge in [-0.15, -0.1) is 0 Å². The highest BCUT2D eigenvalue weighted by Crippen LogP contribution is 2.34. The second-order valence-electron chi connectivity index (χ2n) is 10.2. The van der Waals surface area contributed by atoms with Crippen molar-refractivity contribution in [3.05, 3.63) is 123 Å². The fourth-order valence-corrected chi connectivity index (χ4v) is 4.77. The van der Waals surface area contributed by atoms with Crippen LogP contribution in [0.15, 0.2) is 94.8 Å². The first-order chi connectivity index (χ1) is 20.4. The predicted molar refractivity (Wildman–Crippen MR) is 166 cm³/mol. The number of ether oxygens (including phenoxy) is 2. The van der Waals surface area contributed by atoms with Crippen LogP contribution >= 0.6 is 0 Å². The Bertz CT molecular complexity index is 1870. The van der Waals surface area contributed by atoms with Gasteiger partial charge in [0.2, 0.25) is 0 Å². The van der Waals surface area contributed by atoms with Crippen molar-refractivity contribution in [2.45, 2.75) is 40.2 Å². The maximum atomic E-state index is 13.7. The van der Waals surface area contributed by atoms with Crippen molar-refractivity contribution in [2.75, 3.05) is 6.61 Å². The van der Waals surface area contributed by atoms with Gasteiger partial charge in [0.05, 0.1) is 35.4 Å². The molecule has 0 bridgehead atoms. The van der Waals surface area contributed by atoms with Crippen molar-refractivity contribution in [3.8, 4) is 29.0 Å². The molecule has 0 aliphatic carbocycles. The number of rotatable bonds is 9. The Morgan fingerprint density at radius 1 is 1.00 bits per heavy atom. The fourth-order valence-electron chi connectivity index (χ4n) is 4.77. The summed E-state index contributed by atoms with van der Waals surface area (Å²) < 4.78 is 13.2. The van der Waals surface area contributed by atoms with Crippen LogP contribution in [0.2, 0.25) is 0 Å². The second-order valence-corrected chi connectivity index (χ2v) is 10.2. The predicted octanol–water partition coefficient (Wildman–Crippen LogP) is 7.23. The lowest BCUT2D eigenvalue weighted by molar-refractivity contribution is 0.306. The van der Waals surface area contributed by atoms with Gasteiger partial charge in [0, 0.05) is 11.1 Å². The lowest BCUT2D eigenvalue weighted by Gasteiger charge is -2.18. The number of hydrogen-bond acceptors (Lipinski definition) is 6. The highest BCUT2D eigenvalue weighted by atomic mass is 16.5. The summed E-state index contributed by atoms with van der Waals surface area (Å²) >= 11 is 0. The lowest BCUT2D eigenvalue weighted by atomic mass is 9.96. The van der Waals surface area contributed by atoms with Crippen molar-refractivity contribution < 1.29 is 9.47 Å². The van der Waals surface area contributed by atoms with E-state index in [9.17, 15) is 10.1 Å². The number of para-hydroxylation sites is 1. The fraction of sp³-hybridized carbons (Fsp3) is 0.200. The smallest absolute Gasteiger partial charge is 0.282 e. The molecule has 0 unspecified atom stereocenters. The molecule has 0 atom stereocenters. The zero-order chi connectivity index (χ0) is 29.6. The van der Waals surface area contributed by atoms with Crippen LogP contribution in [0.25, 0.3) is 22.3 Å². The number of nitrogens with zero attached hydrogens (tertiary/aromatic N) is 4. The molecule has 0 spiro atoms. The lowest BCUT2D eigenvalue weighted by Crippen LogP contribution is -2.20. The molecular formula is C35H32N4O3. The summed E-state index contributed by atoms with van der Waals surface area (Å²) in [6.45, 7) is 9.05. The van der Waals surface area contributed by atoms with Crippen molar-refractivity contribution in [3.63, 3.8) is 0 Å². The summed E-state index contributed by atoms with van der Waals surface area (Å²) in [5, 5.41) is 14.4. The first-order valence-electron chi connectivity index (χ1n) is 13.9. The van der Waals surface area contributed by atoms with Crippen molar-refractivity contribution >= 4 is 17.1 Å². The molecule has 7 nitrogen and oxygen atoms in total. The number of hydrogen-bond donors (Lipinski definition) is 0. The molecule has 210 valence electrons. The highest BCUT2D eigenvalue weighted by molar-refractivity contribution is 5.82. The third-order valence-electron chi connectivity index (χ3n) is 7.01. The maximum absolute atomic E-state index is 13.7. The Hall–Kier alpha value is -5.22. The normalized spacial score (nSPS) is 11.2. The highest BCUT2D eigenvalue weighted by Gasteiger charge is 2.18. The number of nitriles is 1. The number of fused-ring (bicyclic) bond motifs is 1. The molecule has 0 radical (unpaired) electrons. The summed E-state index contributed by atoms with van der Waals surface area (Å²) in [6, 6.07) is 28.3. The van der Waals surface area contributed by atoms with E-state index in [1.165, 1.54) is 4.68 Å².